The number of carbonyl (C=O) groups excluding carboxylic acids is 1. The third-order valence-corrected chi connectivity index (χ3v) is 3.86. The van der Waals surface area contributed by atoms with Crippen LogP contribution in [0.1, 0.15) is 24.8 Å². The van der Waals surface area contributed by atoms with Crippen molar-refractivity contribution in [3.8, 4) is 5.75 Å². The molecule has 20 heavy (non-hydrogen) atoms. The molecule has 1 amide bonds. The van der Waals surface area contributed by atoms with Crippen LogP contribution in [0.25, 0.3) is 0 Å². The van der Waals surface area contributed by atoms with Gasteiger partial charge in [0.15, 0.2) is 0 Å². The van der Waals surface area contributed by atoms with E-state index in [0.29, 0.717) is 25.5 Å². The zero-order valence-electron chi connectivity index (χ0n) is 12.2. The topological polar surface area (TPSA) is 55.6 Å². The number of nitrogens with two attached hydrogens (primary N) is 1. The number of amides is 1. The second kappa shape index (κ2) is 7.29. The zero-order valence-corrected chi connectivity index (χ0v) is 12.2. The highest BCUT2D eigenvalue weighted by atomic mass is 16.5. The van der Waals surface area contributed by atoms with Crippen LogP contribution in [0.4, 0.5) is 0 Å². The number of likely N-dealkylation sites (tertiary alicyclic amines) is 1. The van der Waals surface area contributed by atoms with Gasteiger partial charge in [0.25, 0.3) is 0 Å². The van der Waals surface area contributed by atoms with Gasteiger partial charge in [0.2, 0.25) is 5.91 Å². The first-order chi connectivity index (χ1) is 9.70. The van der Waals surface area contributed by atoms with Crippen molar-refractivity contribution in [3.63, 3.8) is 0 Å². The predicted molar refractivity (Wildman–Crippen MR) is 79.6 cm³/mol. The van der Waals surface area contributed by atoms with Crippen LogP contribution in [0.5, 0.6) is 5.75 Å². The quantitative estimate of drug-likeness (QED) is 0.808. The Balaban J connectivity index is 1.66. The minimum atomic E-state index is 0.231. The van der Waals surface area contributed by atoms with Gasteiger partial charge in [-0.3, -0.25) is 4.79 Å². The lowest BCUT2D eigenvalue weighted by Gasteiger charge is -2.16. The van der Waals surface area contributed by atoms with Crippen LogP contribution in [0.3, 0.4) is 0 Å². The summed E-state index contributed by atoms with van der Waals surface area (Å²) in [6.45, 7) is 4.98. The molecule has 1 atom stereocenters. The molecule has 0 bridgehead atoms. The van der Waals surface area contributed by atoms with E-state index in [4.69, 9.17) is 10.5 Å². The van der Waals surface area contributed by atoms with Gasteiger partial charge >= 0.3 is 0 Å². The van der Waals surface area contributed by atoms with Crippen molar-refractivity contribution in [1.29, 1.82) is 0 Å². The van der Waals surface area contributed by atoms with Crippen LogP contribution < -0.4 is 10.5 Å². The van der Waals surface area contributed by atoms with Crippen LogP contribution >= 0.6 is 0 Å². The molecule has 1 fully saturated rings. The molecule has 110 valence electrons. The Morgan fingerprint density at radius 3 is 2.95 bits per heavy atom. The Morgan fingerprint density at radius 2 is 2.25 bits per heavy atom. The summed E-state index contributed by atoms with van der Waals surface area (Å²) in [5, 5.41) is 0. The molecule has 0 radical (unpaired) electrons. The van der Waals surface area contributed by atoms with Crippen molar-refractivity contribution >= 4 is 5.91 Å². The molecule has 2 N–H and O–H groups in total. The van der Waals surface area contributed by atoms with Gasteiger partial charge < -0.3 is 15.4 Å². The second-order valence-corrected chi connectivity index (χ2v) is 5.45. The van der Waals surface area contributed by atoms with E-state index in [9.17, 15) is 4.79 Å². The first kappa shape index (κ1) is 14.9. The van der Waals surface area contributed by atoms with Crippen molar-refractivity contribution in [2.24, 2.45) is 11.7 Å². The standard InChI is InChI=1S/C16H24N2O2/c1-13-5-2-3-6-15(13)20-10-4-7-16(19)18-9-8-14(11-17)12-18/h2-3,5-6,14H,4,7-12,17H2,1H3. The summed E-state index contributed by atoms with van der Waals surface area (Å²) in [5.74, 6) is 1.63. The monoisotopic (exact) mass is 276 g/mol. The third kappa shape index (κ3) is 3.97. The molecule has 2 rings (SSSR count). The van der Waals surface area contributed by atoms with Gasteiger partial charge in [-0.05, 0) is 43.9 Å². The summed E-state index contributed by atoms with van der Waals surface area (Å²) < 4.78 is 5.70. The summed E-state index contributed by atoms with van der Waals surface area (Å²) in [6.07, 6.45) is 2.36. The lowest BCUT2D eigenvalue weighted by molar-refractivity contribution is -0.130. The van der Waals surface area contributed by atoms with Gasteiger partial charge in [-0.2, -0.15) is 0 Å². The maximum atomic E-state index is 12.0. The fourth-order valence-electron chi connectivity index (χ4n) is 2.53. The molecule has 4 nitrogen and oxygen atoms in total. The van der Waals surface area contributed by atoms with Crippen LogP contribution in [0, 0.1) is 12.8 Å². The number of benzene rings is 1. The van der Waals surface area contributed by atoms with Gasteiger partial charge in [-0.25, -0.2) is 0 Å². The lowest BCUT2D eigenvalue weighted by Crippen LogP contribution is -2.29. The highest BCUT2D eigenvalue weighted by molar-refractivity contribution is 5.76. The van der Waals surface area contributed by atoms with E-state index in [1.807, 2.05) is 36.1 Å². The molecule has 0 aliphatic carbocycles. The largest absolute Gasteiger partial charge is 0.493 e. The normalized spacial score (nSPS) is 18.3. The van der Waals surface area contributed by atoms with E-state index in [1.165, 1.54) is 0 Å². The molecule has 1 unspecified atom stereocenters. The number of hydrogen-bond donors (Lipinski definition) is 1. The number of aryl methyl sites for hydroxylation is 1. The van der Waals surface area contributed by atoms with E-state index in [2.05, 4.69) is 0 Å². The van der Waals surface area contributed by atoms with Gasteiger partial charge in [0.1, 0.15) is 5.75 Å². The molecular formula is C16H24N2O2. The minimum Gasteiger partial charge on any atom is -0.493 e. The van der Waals surface area contributed by atoms with Crippen LogP contribution in [-0.4, -0.2) is 37.0 Å². The van der Waals surface area contributed by atoms with Crippen molar-refractivity contribution in [2.45, 2.75) is 26.2 Å². The fourth-order valence-corrected chi connectivity index (χ4v) is 2.53. The number of carbonyl (C=O) groups is 1. The molecular weight excluding hydrogens is 252 g/mol. The molecule has 4 heteroatoms. The predicted octanol–water partition coefficient (Wildman–Crippen LogP) is 1.96. The summed E-state index contributed by atoms with van der Waals surface area (Å²) in [6, 6.07) is 7.94. The summed E-state index contributed by atoms with van der Waals surface area (Å²) >= 11 is 0. The average Bonchev–Trinajstić information content (AvgIpc) is 2.94. The molecule has 1 saturated heterocycles. The van der Waals surface area contributed by atoms with Crippen LogP contribution in [-0.2, 0) is 4.79 Å². The Bertz CT molecular complexity index is 448. The number of nitrogens with zero attached hydrogens (tertiary/aromatic N) is 1. The van der Waals surface area contributed by atoms with Gasteiger partial charge in [0, 0.05) is 19.5 Å². The molecule has 0 saturated carbocycles. The van der Waals surface area contributed by atoms with Crippen molar-refractivity contribution < 1.29 is 9.53 Å². The maximum absolute atomic E-state index is 12.0. The minimum absolute atomic E-state index is 0.231. The van der Waals surface area contributed by atoms with Crippen molar-refractivity contribution in [1.82, 2.24) is 4.90 Å². The summed E-state index contributed by atoms with van der Waals surface area (Å²) in [4.78, 5) is 14.0. The van der Waals surface area contributed by atoms with E-state index >= 15 is 0 Å². The smallest absolute Gasteiger partial charge is 0.222 e. The average molecular weight is 276 g/mol. The summed E-state index contributed by atoms with van der Waals surface area (Å²) in [7, 11) is 0. The lowest BCUT2D eigenvalue weighted by atomic mass is 10.1. The Labute approximate surface area is 120 Å². The molecule has 0 spiro atoms. The molecule has 1 aromatic carbocycles. The van der Waals surface area contributed by atoms with Crippen LogP contribution in [0.15, 0.2) is 24.3 Å². The maximum Gasteiger partial charge on any atom is 0.222 e. The third-order valence-electron chi connectivity index (χ3n) is 3.86. The molecule has 1 aliphatic heterocycles. The van der Waals surface area contributed by atoms with Gasteiger partial charge in [-0.1, -0.05) is 18.2 Å². The number of ether oxygens (including phenoxy) is 1. The number of para-hydroxylation sites is 1. The van der Waals surface area contributed by atoms with Crippen molar-refractivity contribution in [3.05, 3.63) is 29.8 Å². The van der Waals surface area contributed by atoms with E-state index in [0.717, 1.165) is 37.2 Å². The highest BCUT2D eigenvalue weighted by Gasteiger charge is 2.24. The van der Waals surface area contributed by atoms with E-state index < -0.39 is 0 Å². The molecule has 0 aromatic heterocycles. The van der Waals surface area contributed by atoms with Crippen LogP contribution in [0.2, 0.25) is 0 Å². The first-order valence-electron chi connectivity index (χ1n) is 7.37. The number of rotatable bonds is 6. The SMILES string of the molecule is Cc1ccccc1OCCCC(=O)N1CCC(CN)C1. The highest BCUT2D eigenvalue weighted by Crippen LogP contribution is 2.18. The Kier molecular flexibility index (Phi) is 5.41. The van der Waals surface area contributed by atoms with Gasteiger partial charge in [0.05, 0.1) is 6.61 Å². The number of hydrogen-bond acceptors (Lipinski definition) is 3. The fraction of sp³-hybridized carbons (Fsp3) is 0.562. The molecule has 1 heterocycles. The zero-order chi connectivity index (χ0) is 14.4. The Morgan fingerprint density at radius 1 is 1.45 bits per heavy atom. The summed E-state index contributed by atoms with van der Waals surface area (Å²) in [5.41, 5.74) is 6.77. The van der Waals surface area contributed by atoms with E-state index in [-0.39, 0.29) is 5.91 Å². The first-order valence-corrected chi connectivity index (χ1v) is 7.37. The molecule has 1 aliphatic rings. The Hall–Kier alpha value is -1.55. The van der Waals surface area contributed by atoms with E-state index in [1.54, 1.807) is 0 Å². The van der Waals surface area contributed by atoms with Crippen molar-refractivity contribution in [2.75, 3.05) is 26.2 Å². The van der Waals surface area contributed by atoms with Gasteiger partial charge in [-0.15, -0.1) is 0 Å². The molecule has 1 aromatic rings. The second-order valence-electron chi connectivity index (χ2n) is 5.45.